The van der Waals surface area contributed by atoms with Crippen molar-refractivity contribution < 1.29 is 13.5 Å². The molecule has 0 aliphatic carbocycles. The number of hydrogen-bond acceptors (Lipinski definition) is 5. The predicted molar refractivity (Wildman–Crippen MR) is 70.9 cm³/mol. The van der Waals surface area contributed by atoms with Crippen molar-refractivity contribution in [3.63, 3.8) is 0 Å². The minimum absolute atomic E-state index is 0.0904. The number of rotatable bonds is 6. The Morgan fingerprint density at radius 2 is 2.06 bits per heavy atom. The SMILES string of the molecule is CN(C)CCCNS(=O)(=O)c1cccc(O)c1N. The van der Waals surface area contributed by atoms with E-state index in [0.717, 1.165) is 6.54 Å². The van der Waals surface area contributed by atoms with Gasteiger partial charge in [-0.1, -0.05) is 6.07 Å². The van der Waals surface area contributed by atoms with Crippen LogP contribution in [-0.4, -0.2) is 45.6 Å². The van der Waals surface area contributed by atoms with E-state index < -0.39 is 10.0 Å². The van der Waals surface area contributed by atoms with Crippen LogP contribution in [0.4, 0.5) is 5.69 Å². The van der Waals surface area contributed by atoms with Crippen LogP contribution >= 0.6 is 0 Å². The van der Waals surface area contributed by atoms with E-state index in [1.165, 1.54) is 18.2 Å². The van der Waals surface area contributed by atoms with Gasteiger partial charge in [-0.15, -0.1) is 0 Å². The van der Waals surface area contributed by atoms with Crippen molar-refractivity contribution in [3.05, 3.63) is 18.2 Å². The molecule has 0 bridgehead atoms. The van der Waals surface area contributed by atoms with Gasteiger partial charge in [0.25, 0.3) is 0 Å². The summed E-state index contributed by atoms with van der Waals surface area (Å²) in [6.45, 7) is 1.12. The van der Waals surface area contributed by atoms with Gasteiger partial charge in [0, 0.05) is 6.54 Å². The van der Waals surface area contributed by atoms with Crippen LogP contribution < -0.4 is 10.5 Å². The summed E-state index contributed by atoms with van der Waals surface area (Å²) in [5.41, 5.74) is 5.42. The summed E-state index contributed by atoms with van der Waals surface area (Å²) in [6, 6.07) is 4.16. The Balaban J connectivity index is 2.72. The molecule has 0 amide bonds. The minimum Gasteiger partial charge on any atom is -0.506 e. The molecule has 0 fully saturated rings. The number of nitrogens with two attached hydrogens (primary N) is 1. The van der Waals surface area contributed by atoms with Crippen LogP contribution in [0.5, 0.6) is 5.75 Å². The average Bonchev–Trinajstić information content (AvgIpc) is 2.28. The van der Waals surface area contributed by atoms with Crippen molar-refractivity contribution in [2.24, 2.45) is 0 Å². The Hall–Kier alpha value is -1.31. The summed E-state index contributed by atoms with van der Waals surface area (Å²) in [4.78, 5) is 1.88. The van der Waals surface area contributed by atoms with Crippen LogP contribution in [0.25, 0.3) is 0 Å². The first kappa shape index (κ1) is 14.7. The lowest BCUT2D eigenvalue weighted by Crippen LogP contribution is -2.27. The van der Waals surface area contributed by atoms with Crippen molar-refractivity contribution in [1.82, 2.24) is 9.62 Å². The molecule has 0 aliphatic heterocycles. The van der Waals surface area contributed by atoms with Crippen molar-refractivity contribution >= 4 is 15.7 Å². The molecule has 0 saturated heterocycles. The molecule has 0 saturated carbocycles. The van der Waals surface area contributed by atoms with E-state index in [0.29, 0.717) is 13.0 Å². The van der Waals surface area contributed by atoms with Gasteiger partial charge in [-0.3, -0.25) is 0 Å². The highest BCUT2D eigenvalue weighted by Crippen LogP contribution is 2.26. The summed E-state index contributed by atoms with van der Waals surface area (Å²) in [5, 5.41) is 9.38. The second-order valence-electron chi connectivity index (χ2n) is 4.24. The van der Waals surface area contributed by atoms with Crippen molar-refractivity contribution in [3.8, 4) is 5.75 Å². The summed E-state index contributed by atoms with van der Waals surface area (Å²) < 4.78 is 26.3. The number of nitrogens with zero attached hydrogens (tertiary/aromatic N) is 1. The van der Waals surface area contributed by atoms with Gasteiger partial charge in [-0.2, -0.15) is 0 Å². The second-order valence-corrected chi connectivity index (χ2v) is 5.98. The van der Waals surface area contributed by atoms with E-state index in [9.17, 15) is 13.5 Å². The summed E-state index contributed by atoms with van der Waals surface area (Å²) in [5.74, 6) is -0.230. The molecule has 7 heteroatoms. The number of aromatic hydroxyl groups is 1. The highest BCUT2D eigenvalue weighted by atomic mass is 32.2. The molecule has 0 aromatic heterocycles. The third-order valence-electron chi connectivity index (χ3n) is 2.41. The number of para-hydroxylation sites is 1. The first-order valence-corrected chi connectivity index (χ1v) is 7.05. The lowest BCUT2D eigenvalue weighted by molar-refractivity contribution is 0.400. The number of phenolic OH excluding ortho intramolecular Hbond substituents is 1. The number of phenols is 1. The first-order valence-electron chi connectivity index (χ1n) is 5.56. The van der Waals surface area contributed by atoms with Crippen LogP contribution in [-0.2, 0) is 10.0 Å². The third-order valence-corrected chi connectivity index (χ3v) is 3.93. The van der Waals surface area contributed by atoms with Gasteiger partial charge < -0.3 is 15.7 Å². The second kappa shape index (κ2) is 6.03. The molecule has 1 aromatic rings. The normalized spacial score (nSPS) is 11.9. The fourth-order valence-electron chi connectivity index (χ4n) is 1.45. The van der Waals surface area contributed by atoms with E-state index in [1.54, 1.807) is 0 Å². The molecule has 1 aromatic carbocycles. The van der Waals surface area contributed by atoms with Gasteiger partial charge >= 0.3 is 0 Å². The molecule has 0 spiro atoms. The smallest absolute Gasteiger partial charge is 0.242 e. The minimum atomic E-state index is -3.66. The number of sulfonamides is 1. The standard InChI is InChI=1S/C11H19N3O3S/c1-14(2)8-4-7-13-18(16,17)10-6-3-5-9(15)11(10)12/h3,5-6,13,15H,4,7-8,12H2,1-2H3. The Bertz CT molecular complexity index is 500. The zero-order valence-corrected chi connectivity index (χ0v) is 11.4. The quantitative estimate of drug-likeness (QED) is 0.391. The monoisotopic (exact) mass is 273 g/mol. The lowest BCUT2D eigenvalue weighted by Gasteiger charge is -2.11. The Morgan fingerprint density at radius 3 is 2.67 bits per heavy atom. The number of benzene rings is 1. The molecule has 0 unspecified atom stereocenters. The molecule has 1 rings (SSSR count). The van der Waals surface area contributed by atoms with Crippen LogP contribution in [0.2, 0.25) is 0 Å². The van der Waals surface area contributed by atoms with E-state index in [2.05, 4.69) is 4.72 Å². The maximum atomic E-state index is 11.9. The molecular formula is C11H19N3O3S. The molecule has 0 atom stereocenters. The highest BCUT2D eigenvalue weighted by molar-refractivity contribution is 7.89. The zero-order valence-electron chi connectivity index (χ0n) is 10.5. The van der Waals surface area contributed by atoms with Crippen LogP contribution in [0, 0.1) is 0 Å². The molecule has 18 heavy (non-hydrogen) atoms. The van der Waals surface area contributed by atoms with Crippen molar-refractivity contribution in [2.75, 3.05) is 32.9 Å². The Labute approximate surface area is 107 Å². The van der Waals surface area contributed by atoms with E-state index >= 15 is 0 Å². The average molecular weight is 273 g/mol. The van der Waals surface area contributed by atoms with Crippen LogP contribution in [0.1, 0.15) is 6.42 Å². The first-order chi connectivity index (χ1) is 8.34. The van der Waals surface area contributed by atoms with Gasteiger partial charge in [-0.05, 0) is 39.2 Å². The maximum Gasteiger partial charge on any atom is 0.242 e. The number of anilines is 1. The summed E-state index contributed by atoms with van der Waals surface area (Å²) in [6.07, 6.45) is 0.699. The maximum absolute atomic E-state index is 11.9. The predicted octanol–water partition coefficient (Wildman–Crippen LogP) is 0.204. The summed E-state index contributed by atoms with van der Waals surface area (Å²) >= 11 is 0. The van der Waals surface area contributed by atoms with Crippen LogP contribution in [0.3, 0.4) is 0 Å². The van der Waals surface area contributed by atoms with Crippen LogP contribution in [0.15, 0.2) is 23.1 Å². The summed E-state index contributed by atoms with van der Waals surface area (Å²) in [7, 11) is 0.172. The van der Waals surface area contributed by atoms with Crippen molar-refractivity contribution in [1.29, 1.82) is 0 Å². The molecule has 102 valence electrons. The molecule has 0 radical (unpaired) electrons. The van der Waals surface area contributed by atoms with E-state index in [1.807, 2.05) is 19.0 Å². The fraction of sp³-hybridized carbons (Fsp3) is 0.455. The van der Waals surface area contributed by atoms with Gasteiger partial charge in [0.1, 0.15) is 10.6 Å². The molecular weight excluding hydrogens is 254 g/mol. The number of hydrogen-bond donors (Lipinski definition) is 3. The van der Waals surface area contributed by atoms with Gasteiger partial charge in [0.2, 0.25) is 10.0 Å². The molecule has 0 aliphatic rings. The lowest BCUT2D eigenvalue weighted by atomic mass is 10.3. The number of nitrogens with one attached hydrogen (secondary N) is 1. The van der Waals surface area contributed by atoms with E-state index in [4.69, 9.17) is 5.73 Å². The third kappa shape index (κ3) is 3.86. The molecule has 6 nitrogen and oxygen atoms in total. The topological polar surface area (TPSA) is 95.7 Å². The molecule has 4 N–H and O–H groups in total. The Kier molecular flexibility index (Phi) is 4.94. The number of nitrogen functional groups attached to an aromatic ring is 1. The van der Waals surface area contributed by atoms with E-state index in [-0.39, 0.29) is 16.3 Å². The largest absolute Gasteiger partial charge is 0.506 e. The van der Waals surface area contributed by atoms with Gasteiger partial charge in [0.15, 0.2) is 0 Å². The van der Waals surface area contributed by atoms with Gasteiger partial charge in [-0.25, -0.2) is 13.1 Å². The zero-order chi connectivity index (χ0) is 13.8. The Morgan fingerprint density at radius 1 is 1.39 bits per heavy atom. The highest BCUT2D eigenvalue weighted by Gasteiger charge is 2.18. The fourth-order valence-corrected chi connectivity index (χ4v) is 2.67. The van der Waals surface area contributed by atoms with Crippen molar-refractivity contribution in [2.45, 2.75) is 11.3 Å². The van der Waals surface area contributed by atoms with Gasteiger partial charge in [0.05, 0.1) is 5.69 Å². The molecule has 0 heterocycles.